The molecule has 0 bridgehead atoms. The molecule has 72 valence electrons. The van der Waals surface area contributed by atoms with Crippen molar-refractivity contribution in [3.8, 4) is 5.82 Å². The maximum Gasteiger partial charge on any atom is 0.153 e. The maximum atomic E-state index is 4.29. The summed E-state index contributed by atoms with van der Waals surface area (Å²) in [6.45, 7) is 1.94. The predicted molar refractivity (Wildman–Crippen MR) is 61.5 cm³/mol. The average Bonchev–Trinajstić information content (AvgIpc) is 2.57. The lowest BCUT2D eigenvalue weighted by Gasteiger charge is -2.06. The van der Waals surface area contributed by atoms with Gasteiger partial charge in [0.2, 0.25) is 0 Å². The number of hydrogen-bond donors (Lipinski definition) is 0. The second-order valence-corrected chi connectivity index (χ2v) is 4.42. The fourth-order valence-corrected chi connectivity index (χ4v) is 1.90. The lowest BCUT2D eigenvalue weighted by Crippen LogP contribution is -1.99. The summed E-state index contributed by atoms with van der Waals surface area (Å²) in [5.41, 5.74) is 0. The van der Waals surface area contributed by atoms with Crippen molar-refractivity contribution in [2.75, 3.05) is 0 Å². The Balaban J connectivity index is 2.63. The molecule has 0 saturated carbocycles. The molecule has 0 aliphatic carbocycles. The van der Waals surface area contributed by atoms with Crippen LogP contribution in [0.5, 0.6) is 0 Å². The van der Waals surface area contributed by atoms with Crippen LogP contribution in [-0.2, 0) is 0 Å². The van der Waals surface area contributed by atoms with Gasteiger partial charge in [-0.3, -0.25) is 4.57 Å². The van der Waals surface area contributed by atoms with Crippen LogP contribution in [0, 0.1) is 6.92 Å². The number of rotatable bonds is 1. The highest BCUT2D eigenvalue weighted by Crippen LogP contribution is 2.27. The summed E-state index contributed by atoms with van der Waals surface area (Å²) < 4.78 is 3.84. The fraction of sp³-hybridized carbons (Fsp3) is 0.111. The van der Waals surface area contributed by atoms with Gasteiger partial charge >= 0.3 is 0 Å². The summed E-state index contributed by atoms with van der Waals surface area (Å²) >= 11 is 6.91. The number of halogens is 2. The number of imidazole rings is 1. The second-order valence-electron chi connectivity index (χ2n) is 2.77. The highest BCUT2D eigenvalue weighted by Gasteiger charge is 2.08. The molecular formula is C9H7Br2N3. The van der Waals surface area contributed by atoms with Crippen LogP contribution in [0.1, 0.15) is 5.82 Å². The number of hydrogen-bond acceptors (Lipinski definition) is 2. The standard InChI is InChI=1S/C9H7Br2N3/c1-6-12-4-5-14(6)9-8(11)7(10)2-3-13-9/h2-5H,1H3. The van der Waals surface area contributed by atoms with Crippen molar-refractivity contribution in [1.29, 1.82) is 0 Å². The zero-order valence-corrected chi connectivity index (χ0v) is 10.6. The maximum absolute atomic E-state index is 4.29. The van der Waals surface area contributed by atoms with E-state index in [1.807, 2.05) is 23.8 Å². The third-order valence-electron chi connectivity index (χ3n) is 1.88. The van der Waals surface area contributed by atoms with Gasteiger partial charge in [-0.2, -0.15) is 0 Å². The van der Waals surface area contributed by atoms with E-state index in [-0.39, 0.29) is 0 Å². The Labute approximate surface area is 98.4 Å². The molecule has 0 aliphatic heterocycles. The molecule has 0 N–H and O–H groups in total. The lowest BCUT2D eigenvalue weighted by molar-refractivity contribution is 0.924. The molecule has 0 radical (unpaired) electrons. The first-order valence-electron chi connectivity index (χ1n) is 4.00. The number of nitrogens with zero attached hydrogens (tertiary/aromatic N) is 3. The monoisotopic (exact) mass is 315 g/mol. The van der Waals surface area contributed by atoms with E-state index in [9.17, 15) is 0 Å². The molecule has 0 fully saturated rings. The first-order chi connectivity index (χ1) is 6.70. The Hall–Kier alpha value is -0.680. The average molecular weight is 317 g/mol. The second kappa shape index (κ2) is 3.82. The van der Waals surface area contributed by atoms with Crippen molar-refractivity contribution in [2.45, 2.75) is 6.92 Å². The molecule has 0 aromatic carbocycles. The van der Waals surface area contributed by atoms with E-state index < -0.39 is 0 Å². The van der Waals surface area contributed by atoms with Crippen LogP contribution >= 0.6 is 31.9 Å². The molecule has 0 spiro atoms. The largest absolute Gasteiger partial charge is 0.287 e. The topological polar surface area (TPSA) is 30.7 Å². The number of aromatic nitrogens is 3. The Bertz CT molecular complexity index is 465. The molecule has 0 saturated heterocycles. The van der Waals surface area contributed by atoms with Gasteiger partial charge in [0.25, 0.3) is 0 Å². The molecule has 5 heteroatoms. The van der Waals surface area contributed by atoms with Gasteiger partial charge in [0.05, 0.1) is 4.47 Å². The molecule has 0 atom stereocenters. The van der Waals surface area contributed by atoms with Gasteiger partial charge in [0, 0.05) is 23.1 Å². The van der Waals surface area contributed by atoms with Crippen molar-refractivity contribution in [2.24, 2.45) is 0 Å². The molecule has 2 rings (SSSR count). The quantitative estimate of drug-likeness (QED) is 0.809. The molecule has 2 aromatic rings. The highest BCUT2D eigenvalue weighted by atomic mass is 79.9. The Morgan fingerprint density at radius 3 is 2.64 bits per heavy atom. The highest BCUT2D eigenvalue weighted by molar-refractivity contribution is 9.13. The van der Waals surface area contributed by atoms with Gasteiger partial charge in [0.15, 0.2) is 5.82 Å². The van der Waals surface area contributed by atoms with Crippen molar-refractivity contribution in [1.82, 2.24) is 14.5 Å². The summed E-state index contributed by atoms with van der Waals surface area (Å²) in [5.74, 6) is 1.76. The zero-order chi connectivity index (χ0) is 10.1. The van der Waals surface area contributed by atoms with Crippen molar-refractivity contribution >= 4 is 31.9 Å². The summed E-state index contributed by atoms with van der Waals surface area (Å²) in [4.78, 5) is 8.44. The van der Waals surface area contributed by atoms with Crippen molar-refractivity contribution in [3.05, 3.63) is 39.4 Å². The fourth-order valence-electron chi connectivity index (χ4n) is 1.18. The Kier molecular flexibility index (Phi) is 2.69. The molecule has 14 heavy (non-hydrogen) atoms. The van der Waals surface area contributed by atoms with E-state index in [0.717, 1.165) is 20.6 Å². The number of pyridine rings is 1. The molecule has 2 heterocycles. The van der Waals surface area contributed by atoms with Gasteiger partial charge in [-0.25, -0.2) is 9.97 Å². The van der Waals surface area contributed by atoms with Gasteiger partial charge in [-0.05, 0) is 44.8 Å². The summed E-state index contributed by atoms with van der Waals surface area (Å²) in [5, 5.41) is 0. The summed E-state index contributed by atoms with van der Waals surface area (Å²) in [6, 6.07) is 1.89. The summed E-state index contributed by atoms with van der Waals surface area (Å²) in [6.07, 6.45) is 5.39. The van der Waals surface area contributed by atoms with Crippen LogP contribution in [-0.4, -0.2) is 14.5 Å². The minimum absolute atomic E-state index is 0.842. The minimum Gasteiger partial charge on any atom is -0.287 e. The van der Waals surface area contributed by atoms with Gasteiger partial charge in [0.1, 0.15) is 5.82 Å². The number of aryl methyl sites for hydroxylation is 1. The normalized spacial score (nSPS) is 10.5. The van der Waals surface area contributed by atoms with E-state index in [1.165, 1.54) is 0 Å². The van der Waals surface area contributed by atoms with E-state index >= 15 is 0 Å². The van der Waals surface area contributed by atoms with E-state index in [0.29, 0.717) is 0 Å². The SMILES string of the molecule is Cc1nccn1-c1nccc(Br)c1Br. The smallest absolute Gasteiger partial charge is 0.153 e. The Morgan fingerprint density at radius 2 is 2.00 bits per heavy atom. The molecular weight excluding hydrogens is 310 g/mol. The van der Waals surface area contributed by atoms with Crippen LogP contribution < -0.4 is 0 Å². The first kappa shape index (κ1) is 9.86. The van der Waals surface area contributed by atoms with Crippen LogP contribution in [0.15, 0.2) is 33.6 Å². The third-order valence-corrected chi connectivity index (χ3v) is 3.85. The minimum atomic E-state index is 0.842. The van der Waals surface area contributed by atoms with Crippen molar-refractivity contribution in [3.63, 3.8) is 0 Å². The first-order valence-corrected chi connectivity index (χ1v) is 5.59. The predicted octanol–water partition coefficient (Wildman–Crippen LogP) is 3.10. The molecule has 0 unspecified atom stereocenters. The van der Waals surface area contributed by atoms with Crippen LogP contribution in [0.3, 0.4) is 0 Å². The molecule has 2 aromatic heterocycles. The molecule has 3 nitrogen and oxygen atoms in total. The van der Waals surface area contributed by atoms with E-state index in [1.54, 1.807) is 12.4 Å². The van der Waals surface area contributed by atoms with Gasteiger partial charge in [-0.1, -0.05) is 0 Å². The van der Waals surface area contributed by atoms with Gasteiger partial charge in [-0.15, -0.1) is 0 Å². The van der Waals surface area contributed by atoms with Crippen molar-refractivity contribution < 1.29 is 0 Å². The van der Waals surface area contributed by atoms with E-state index in [4.69, 9.17) is 0 Å². The van der Waals surface area contributed by atoms with Crippen LogP contribution in [0.2, 0.25) is 0 Å². The Morgan fingerprint density at radius 1 is 1.21 bits per heavy atom. The van der Waals surface area contributed by atoms with Gasteiger partial charge < -0.3 is 0 Å². The van der Waals surface area contributed by atoms with Crippen LogP contribution in [0.25, 0.3) is 5.82 Å². The summed E-state index contributed by atoms with van der Waals surface area (Å²) in [7, 11) is 0. The molecule has 0 amide bonds. The lowest BCUT2D eigenvalue weighted by atomic mass is 10.4. The van der Waals surface area contributed by atoms with E-state index in [2.05, 4.69) is 41.8 Å². The third kappa shape index (κ3) is 1.62. The molecule has 0 aliphatic rings. The van der Waals surface area contributed by atoms with Crippen LogP contribution in [0.4, 0.5) is 0 Å². The zero-order valence-electron chi connectivity index (χ0n) is 7.41.